The van der Waals surface area contributed by atoms with Crippen LogP contribution in [0.25, 0.3) is 21.9 Å². The van der Waals surface area contributed by atoms with E-state index in [-0.39, 0.29) is 67.4 Å². The van der Waals surface area contributed by atoms with Gasteiger partial charge in [-0.1, -0.05) is 6.07 Å². The van der Waals surface area contributed by atoms with Crippen LogP contribution < -0.4 is 25.1 Å². The second kappa shape index (κ2) is 16.3. The first kappa shape index (κ1) is 38.2. The number of ether oxygens (including phenoxy) is 4. The molecule has 3 aliphatic rings. The van der Waals surface area contributed by atoms with Gasteiger partial charge in [-0.2, -0.15) is 0 Å². The number of aryl methyl sites for hydroxylation is 1. The van der Waals surface area contributed by atoms with E-state index in [1.807, 2.05) is 18.2 Å². The van der Waals surface area contributed by atoms with Crippen molar-refractivity contribution >= 4 is 40.3 Å². The molecule has 2 fully saturated rings. The highest BCUT2D eigenvalue weighted by Gasteiger charge is 2.46. The van der Waals surface area contributed by atoms with E-state index in [0.29, 0.717) is 36.6 Å². The number of aromatic nitrogens is 2. The number of benzene rings is 2. The van der Waals surface area contributed by atoms with Crippen LogP contribution in [0.2, 0.25) is 0 Å². The zero-order valence-electron chi connectivity index (χ0n) is 31.4. The van der Waals surface area contributed by atoms with Crippen LogP contribution in [0.3, 0.4) is 0 Å². The van der Waals surface area contributed by atoms with Gasteiger partial charge in [0.05, 0.1) is 62.6 Å². The summed E-state index contributed by atoms with van der Waals surface area (Å²) in [5, 5.41) is 3.47. The first-order valence-corrected chi connectivity index (χ1v) is 18.3. The topological polar surface area (TPSA) is 179 Å². The highest BCUT2D eigenvalue weighted by atomic mass is 16.5. The Morgan fingerprint density at radius 1 is 0.911 bits per heavy atom. The van der Waals surface area contributed by atoms with Gasteiger partial charge < -0.3 is 28.4 Å². The van der Waals surface area contributed by atoms with Crippen molar-refractivity contribution in [1.29, 1.82) is 0 Å². The fourth-order valence-electron chi connectivity index (χ4n) is 7.50. The van der Waals surface area contributed by atoms with Crippen LogP contribution in [0.1, 0.15) is 52.0 Å². The molecule has 5 heterocycles. The molecule has 56 heavy (non-hydrogen) atoms. The van der Waals surface area contributed by atoms with Crippen LogP contribution in [0, 0.1) is 0 Å². The lowest BCUT2D eigenvalue weighted by Crippen LogP contribution is -2.54. The molecule has 2 aromatic carbocycles. The fraction of sp³-hybridized carbons (Fsp3) is 0.375. The summed E-state index contributed by atoms with van der Waals surface area (Å²) in [4.78, 5) is 85.4. The number of carbonyl (C=O) groups is 5. The Hall–Kier alpha value is -6.13. The van der Waals surface area contributed by atoms with Crippen LogP contribution >= 0.6 is 0 Å². The molecule has 16 nitrogen and oxygen atoms in total. The number of pyridine rings is 2. The molecule has 0 aliphatic carbocycles. The van der Waals surface area contributed by atoms with Gasteiger partial charge in [0.2, 0.25) is 17.7 Å². The van der Waals surface area contributed by atoms with Crippen LogP contribution in [-0.4, -0.2) is 114 Å². The van der Waals surface area contributed by atoms with E-state index in [9.17, 15) is 28.8 Å². The molecule has 16 heteroatoms. The van der Waals surface area contributed by atoms with Crippen molar-refractivity contribution in [2.45, 2.75) is 38.3 Å². The smallest absolute Gasteiger partial charge is 0.266 e. The molecule has 0 bridgehead atoms. The highest BCUT2D eigenvalue weighted by molar-refractivity contribution is 6.24. The van der Waals surface area contributed by atoms with Gasteiger partial charge in [-0.3, -0.25) is 48.9 Å². The second-order valence-corrected chi connectivity index (χ2v) is 13.8. The molecular weight excluding hydrogens is 724 g/mol. The number of piperidine rings is 1. The largest absolute Gasteiger partial charge is 0.496 e. The van der Waals surface area contributed by atoms with Crippen LogP contribution in [0.15, 0.2) is 59.8 Å². The number of hydrogen-bond acceptors (Lipinski definition) is 12. The summed E-state index contributed by atoms with van der Waals surface area (Å²) in [6.45, 7) is 2.62. The third kappa shape index (κ3) is 7.44. The number of imide groups is 2. The zero-order valence-corrected chi connectivity index (χ0v) is 31.4. The van der Waals surface area contributed by atoms with E-state index in [0.717, 1.165) is 39.9 Å². The van der Waals surface area contributed by atoms with Crippen LogP contribution in [-0.2, 0) is 32.7 Å². The SMILES string of the molecule is COc1cc(-c2cn(C)c(=O)c3cnccc23)cc(OC)c1CN1CCCN(C(=O)CCOCCOc2cccc3c2C(=O)N(C2CCC(=O)NC2=O)C3=O)C1. The van der Waals surface area contributed by atoms with Gasteiger partial charge in [0.15, 0.2) is 0 Å². The maximum atomic E-state index is 13.3. The Balaban J connectivity index is 0.921. The Morgan fingerprint density at radius 2 is 1.70 bits per heavy atom. The standard InChI is InChI=1S/C40H42N6O10/c1-43-21-28(25-10-12-41-20-27(25)38(43)50)24-18-32(53-2)29(33(19-24)54-3)22-44-13-5-14-45(23-44)35(48)11-15-55-16-17-56-31-7-4-6-26-36(31)40(52)46(39(26)51)30-8-9-34(47)42-37(30)49/h4,6-7,10,12,18-21,30H,5,8-9,11,13-17,22-23H2,1-3H3,(H,42,47,49). The minimum absolute atomic E-state index is 0.0281. The van der Waals surface area contributed by atoms with Crippen molar-refractivity contribution in [3.63, 3.8) is 0 Å². The first-order valence-electron chi connectivity index (χ1n) is 18.3. The Morgan fingerprint density at radius 3 is 2.45 bits per heavy atom. The molecule has 4 aromatic rings. The molecule has 0 spiro atoms. The Kier molecular flexibility index (Phi) is 11.1. The molecule has 1 atom stereocenters. The van der Waals surface area contributed by atoms with Crippen molar-refractivity contribution in [3.05, 3.63) is 82.0 Å². The number of fused-ring (bicyclic) bond motifs is 2. The summed E-state index contributed by atoms with van der Waals surface area (Å²) >= 11 is 0. The number of hydrogen-bond donors (Lipinski definition) is 1. The first-order chi connectivity index (χ1) is 27.1. The number of methoxy groups -OCH3 is 2. The minimum Gasteiger partial charge on any atom is -0.496 e. The maximum Gasteiger partial charge on any atom is 0.266 e. The quantitative estimate of drug-likeness (QED) is 0.156. The number of rotatable bonds is 13. The molecule has 1 N–H and O–H groups in total. The van der Waals surface area contributed by atoms with Gasteiger partial charge in [0, 0.05) is 57.3 Å². The summed E-state index contributed by atoms with van der Waals surface area (Å²) in [6.07, 6.45) is 6.05. The number of carbonyl (C=O) groups excluding carboxylic acids is 5. The molecule has 2 saturated heterocycles. The second-order valence-electron chi connectivity index (χ2n) is 13.8. The third-order valence-corrected chi connectivity index (χ3v) is 10.3. The van der Waals surface area contributed by atoms with E-state index < -0.39 is 29.7 Å². The molecule has 1 unspecified atom stereocenters. The maximum absolute atomic E-state index is 13.3. The van der Waals surface area contributed by atoms with Gasteiger partial charge in [-0.25, -0.2) is 0 Å². The number of nitrogens with one attached hydrogen (secondary N) is 1. The summed E-state index contributed by atoms with van der Waals surface area (Å²) in [6, 6.07) is 9.27. The monoisotopic (exact) mass is 766 g/mol. The van der Waals surface area contributed by atoms with Crippen LogP contribution in [0.4, 0.5) is 0 Å². The van der Waals surface area contributed by atoms with Crippen molar-refractivity contribution in [2.75, 3.05) is 53.8 Å². The van der Waals surface area contributed by atoms with Gasteiger partial charge >= 0.3 is 0 Å². The van der Waals surface area contributed by atoms with E-state index >= 15 is 0 Å². The van der Waals surface area contributed by atoms with E-state index in [1.54, 1.807) is 56.9 Å². The lowest BCUT2D eigenvalue weighted by molar-refractivity contribution is -0.137. The summed E-state index contributed by atoms with van der Waals surface area (Å²) in [5.41, 5.74) is 2.55. The normalized spacial score (nSPS) is 17.3. The molecule has 3 aliphatic heterocycles. The van der Waals surface area contributed by atoms with Crippen molar-refractivity contribution in [2.24, 2.45) is 7.05 Å². The molecule has 5 amide bonds. The average Bonchev–Trinajstić information content (AvgIpc) is 3.46. The summed E-state index contributed by atoms with van der Waals surface area (Å²) in [7, 11) is 4.91. The highest BCUT2D eigenvalue weighted by Crippen LogP contribution is 2.38. The van der Waals surface area contributed by atoms with Gasteiger partial charge in [-0.05, 0) is 54.1 Å². The van der Waals surface area contributed by atoms with Gasteiger partial charge in [0.25, 0.3) is 17.4 Å². The Labute approximate surface area is 321 Å². The molecule has 2 aromatic heterocycles. The fourth-order valence-corrected chi connectivity index (χ4v) is 7.50. The number of nitrogens with zero attached hydrogens (tertiary/aromatic N) is 5. The molecule has 292 valence electrons. The average molecular weight is 767 g/mol. The van der Waals surface area contributed by atoms with Gasteiger partial charge in [0.1, 0.15) is 29.9 Å². The summed E-state index contributed by atoms with van der Waals surface area (Å²) in [5.74, 6) is -1.02. The number of amides is 5. The van der Waals surface area contributed by atoms with E-state index in [4.69, 9.17) is 18.9 Å². The van der Waals surface area contributed by atoms with Crippen molar-refractivity contribution in [1.82, 2.24) is 29.6 Å². The predicted octanol–water partition coefficient (Wildman–Crippen LogP) is 2.50. The Bertz CT molecular complexity index is 2260. The minimum atomic E-state index is -1.07. The third-order valence-electron chi connectivity index (χ3n) is 10.3. The van der Waals surface area contributed by atoms with Crippen LogP contribution in [0.5, 0.6) is 17.2 Å². The lowest BCUT2D eigenvalue weighted by atomic mass is 9.99. The van der Waals surface area contributed by atoms with E-state index in [2.05, 4.69) is 15.2 Å². The van der Waals surface area contributed by atoms with Crippen molar-refractivity contribution < 1.29 is 42.9 Å². The molecule has 7 rings (SSSR count). The summed E-state index contributed by atoms with van der Waals surface area (Å²) < 4.78 is 24.8. The van der Waals surface area contributed by atoms with Gasteiger partial charge in [-0.15, -0.1) is 0 Å². The van der Waals surface area contributed by atoms with E-state index in [1.165, 1.54) is 10.6 Å². The zero-order chi connectivity index (χ0) is 39.5. The lowest BCUT2D eigenvalue weighted by Gasteiger charge is -2.36. The molecule has 0 radical (unpaired) electrons. The predicted molar refractivity (Wildman–Crippen MR) is 201 cm³/mol. The molecular formula is C40H42N6O10. The van der Waals surface area contributed by atoms with Crippen molar-refractivity contribution in [3.8, 4) is 28.4 Å². The molecule has 0 saturated carbocycles.